The Morgan fingerprint density at radius 3 is 1.66 bits per heavy atom. The Labute approximate surface area is 313 Å². The zero-order valence-corrected chi connectivity index (χ0v) is 30.4. The Morgan fingerprint density at radius 2 is 0.943 bits per heavy atom. The van der Waals surface area contributed by atoms with Crippen LogP contribution in [0.2, 0.25) is 0 Å². The standard InChI is InChI=1S/C51H35NS/c1-51(2)44-31-37(21-24-39(44)40-25-28-48-49(50(40)51)41-15-9-10-16-47(41)53-48)36-23-27-46-43(30-36)42-29-35(22-26-45(42)52(46)38-13-7-4-8-14-38)34-19-17-33(18-20-34)32-11-5-3-6-12-32/h3-31H,1-2H3. The topological polar surface area (TPSA) is 4.93 Å². The van der Waals surface area contributed by atoms with Crippen LogP contribution in [0.1, 0.15) is 25.0 Å². The summed E-state index contributed by atoms with van der Waals surface area (Å²) < 4.78 is 5.15. The molecule has 0 N–H and O–H groups in total. The normalized spacial score (nSPS) is 13.2. The van der Waals surface area contributed by atoms with Gasteiger partial charge in [-0.2, -0.15) is 0 Å². The van der Waals surface area contributed by atoms with E-state index in [1.165, 1.54) is 103 Å². The van der Waals surface area contributed by atoms with E-state index in [2.05, 4.69) is 194 Å². The predicted octanol–water partition coefficient (Wildman–Crippen LogP) is 14.5. The number of fused-ring (bicyclic) bond motifs is 10. The maximum absolute atomic E-state index is 2.47. The van der Waals surface area contributed by atoms with Crippen LogP contribution < -0.4 is 0 Å². The Hall–Kier alpha value is -6.22. The summed E-state index contributed by atoms with van der Waals surface area (Å²) in [5.41, 5.74) is 16.5. The van der Waals surface area contributed by atoms with E-state index in [1.807, 2.05) is 11.3 Å². The van der Waals surface area contributed by atoms with Crippen molar-refractivity contribution < 1.29 is 0 Å². The molecule has 0 fully saturated rings. The molecule has 0 saturated heterocycles. The second-order valence-corrected chi connectivity index (χ2v) is 16.0. The van der Waals surface area contributed by atoms with Gasteiger partial charge in [-0.1, -0.05) is 135 Å². The lowest BCUT2D eigenvalue weighted by Crippen LogP contribution is -2.15. The third-order valence-corrected chi connectivity index (χ3v) is 12.7. The molecule has 0 saturated carbocycles. The maximum Gasteiger partial charge on any atom is 0.0541 e. The number of hydrogen-bond donors (Lipinski definition) is 0. The van der Waals surface area contributed by atoms with E-state index < -0.39 is 0 Å². The summed E-state index contributed by atoms with van der Waals surface area (Å²) in [6.45, 7) is 4.83. The smallest absolute Gasteiger partial charge is 0.0541 e. The molecule has 1 aliphatic rings. The highest BCUT2D eigenvalue weighted by atomic mass is 32.1. The van der Waals surface area contributed by atoms with Gasteiger partial charge in [0.2, 0.25) is 0 Å². The molecule has 250 valence electrons. The molecule has 0 atom stereocenters. The zero-order valence-electron chi connectivity index (χ0n) is 29.6. The lowest BCUT2D eigenvalue weighted by molar-refractivity contribution is 0.667. The van der Waals surface area contributed by atoms with Crippen molar-refractivity contribution in [2.75, 3.05) is 0 Å². The van der Waals surface area contributed by atoms with Crippen LogP contribution in [0, 0.1) is 0 Å². The molecule has 0 unspecified atom stereocenters. The average molecular weight is 694 g/mol. The van der Waals surface area contributed by atoms with E-state index in [0.717, 1.165) is 0 Å². The van der Waals surface area contributed by atoms with Crippen LogP contribution in [-0.4, -0.2) is 4.57 Å². The number of aromatic nitrogens is 1. The molecule has 2 heterocycles. The van der Waals surface area contributed by atoms with Crippen molar-refractivity contribution in [1.29, 1.82) is 0 Å². The highest BCUT2D eigenvalue weighted by Gasteiger charge is 2.38. The van der Waals surface area contributed by atoms with Crippen LogP contribution >= 0.6 is 11.3 Å². The maximum atomic E-state index is 2.47. The van der Waals surface area contributed by atoms with Gasteiger partial charge in [0.1, 0.15) is 0 Å². The molecule has 2 heteroatoms. The number of benzene rings is 8. The number of rotatable bonds is 4. The minimum atomic E-state index is -0.123. The van der Waals surface area contributed by atoms with Crippen molar-refractivity contribution >= 4 is 53.3 Å². The first-order chi connectivity index (χ1) is 26.0. The molecule has 11 rings (SSSR count). The fourth-order valence-corrected chi connectivity index (χ4v) is 10.1. The largest absolute Gasteiger partial charge is 0.309 e. The first kappa shape index (κ1) is 30.4. The third kappa shape index (κ3) is 4.56. The van der Waals surface area contributed by atoms with E-state index in [0.29, 0.717) is 0 Å². The molecule has 2 aromatic heterocycles. The minimum Gasteiger partial charge on any atom is -0.309 e. The van der Waals surface area contributed by atoms with Crippen molar-refractivity contribution in [1.82, 2.24) is 4.57 Å². The first-order valence-corrected chi connectivity index (χ1v) is 19.2. The minimum absolute atomic E-state index is 0.123. The van der Waals surface area contributed by atoms with Crippen molar-refractivity contribution in [3.8, 4) is 50.2 Å². The van der Waals surface area contributed by atoms with Crippen LogP contribution in [0.5, 0.6) is 0 Å². The summed E-state index contributed by atoms with van der Waals surface area (Å²) in [4.78, 5) is 0. The van der Waals surface area contributed by atoms with Crippen LogP contribution in [0.15, 0.2) is 176 Å². The zero-order chi connectivity index (χ0) is 35.3. The number of hydrogen-bond acceptors (Lipinski definition) is 1. The summed E-state index contributed by atoms with van der Waals surface area (Å²) in [6.07, 6.45) is 0. The van der Waals surface area contributed by atoms with Crippen molar-refractivity contribution in [3.63, 3.8) is 0 Å². The van der Waals surface area contributed by atoms with Crippen LogP contribution in [-0.2, 0) is 5.41 Å². The fourth-order valence-electron chi connectivity index (χ4n) is 9.02. The quantitative estimate of drug-likeness (QED) is 0.173. The summed E-state index contributed by atoms with van der Waals surface area (Å²) in [5.74, 6) is 0. The van der Waals surface area contributed by atoms with Crippen LogP contribution in [0.4, 0.5) is 0 Å². The van der Waals surface area contributed by atoms with Gasteiger partial charge < -0.3 is 4.57 Å². The van der Waals surface area contributed by atoms with Crippen LogP contribution in [0.25, 0.3) is 92.2 Å². The SMILES string of the molecule is CC1(C)c2cc(-c3ccc4c(c3)c3cc(-c5ccc(-c6ccccc6)cc5)ccc3n4-c3ccccc3)ccc2-c2ccc3sc4ccccc4c3c21. The highest BCUT2D eigenvalue weighted by Crippen LogP contribution is 2.54. The molecule has 0 amide bonds. The van der Waals surface area contributed by atoms with Crippen molar-refractivity contribution in [2.24, 2.45) is 0 Å². The molecule has 53 heavy (non-hydrogen) atoms. The van der Waals surface area contributed by atoms with E-state index in [-0.39, 0.29) is 5.41 Å². The molecule has 10 aromatic rings. The van der Waals surface area contributed by atoms with Gasteiger partial charge in [0.15, 0.2) is 0 Å². The van der Waals surface area contributed by atoms with E-state index in [1.54, 1.807) is 0 Å². The molecular weight excluding hydrogens is 659 g/mol. The lowest BCUT2D eigenvalue weighted by Gasteiger charge is -2.23. The number of thiophene rings is 1. The summed E-state index contributed by atoms with van der Waals surface area (Å²) in [6, 6.07) is 65.1. The average Bonchev–Trinajstić information content (AvgIpc) is 3.83. The second kappa shape index (κ2) is 11.4. The van der Waals surface area contributed by atoms with Gasteiger partial charge in [0.25, 0.3) is 0 Å². The van der Waals surface area contributed by atoms with Gasteiger partial charge in [-0.15, -0.1) is 11.3 Å². The first-order valence-electron chi connectivity index (χ1n) is 18.4. The van der Waals surface area contributed by atoms with Crippen LogP contribution in [0.3, 0.4) is 0 Å². The summed E-state index contributed by atoms with van der Waals surface area (Å²) >= 11 is 1.91. The molecule has 0 aliphatic heterocycles. The van der Waals surface area contributed by atoms with E-state index in [9.17, 15) is 0 Å². The molecule has 0 bridgehead atoms. The van der Waals surface area contributed by atoms with Crippen molar-refractivity contribution in [3.05, 3.63) is 187 Å². The third-order valence-electron chi connectivity index (χ3n) is 11.6. The monoisotopic (exact) mass is 693 g/mol. The van der Waals surface area contributed by atoms with E-state index in [4.69, 9.17) is 0 Å². The van der Waals surface area contributed by atoms with Gasteiger partial charge in [-0.25, -0.2) is 0 Å². The van der Waals surface area contributed by atoms with Gasteiger partial charge in [0, 0.05) is 42.0 Å². The van der Waals surface area contributed by atoms with E-state index >= 15 is 0 Å². The van der Waals surface area contributed by atoms with Gasteiger partial charge in [0.05, 0.1) is 11.0 Å². The van der Waals surface area contributed by atoms with Gasteiger partial charge in [-0.3, -0.25) is 0 Å². The molecule has 0 spiro atoms. The predicted molar refractivity (Wildman–Crippen MR) is 228 cm³/mol. The summed E-state index contributed by atoms with van der Waals surface area (Å²) in [5, 5.41) is 5.32. The molecule has 0 radical (unpaired) electrons. The lowest BCUT2D eigenvalue weighted by atomic mass is 9.80. The molecular formula is C51H35NS. The highest BCUT2D eigenvalue weighted by molar-refractivity contribution is 7.25. The Kier molecular flexibility index (Phi) is 6.53. The number of para-hydroxylation sites is 1. The molecule has 1 nitrogen and oxygen atoms in total. The fraction of sp³-hybridized carbons (Fsp3) is 0.0588. The Balaban J connectivity index is 1.06. The Morgan fingerprint density at radius 1 is 0.415 bits per heavy atom. The summed E-state index contributed by atoms with van der Waals surface area (Å²) in [7, 11) is 0. The van der Waals surface area contributed by atoms with Gasteiger partial charge >= 0.3 is 0 Å². The van der Waals surface area contributed by atoms with Crippen molar-refractivity contribution in [2.45, 2.75) is 19.3 Å². The second-order valence-electron chi connectivity index (χ2n) is 14.9. The number of nitrogens with zero attached hydrogens (tertiary/aromatic N) is 1. The molecule has 8 aromatic carbocycles. The molecule has 1 aliphatic carbocycles. The van der Waals surface area contributed by atoms with Gasteiger partial charge in [-0.05, 0) is 110 Å². The Bertz CT molecular complexity index is 3050.